The Bertz CT molecular complexity index is 490. The second-order valence-electron chi connectivity index (χ2n) is 3.62. The van der Waals surface area contributed by atoms with Crippen LogP contribution >= 0.6 is 0 Å². The molecule has 1 aromatic rings. The Hall–Kier alpha value is -1.31. The van der Waals surface area contributed by atoms with Crippen molar-refractivity contribution in [3.63, 3.8) is 0 Å². The van der Waals surface area contributed by atoms with Crippen molar-refractivity contribution in [2.24, 2.45) is 5.18 Å². The first-order valence-electron chi connectivity index (χ1n) is 5.06. The number of hydrogen-bond donors (Lipinski definition) is 0. The van der Waals surface area contributed by atoms with Crippen LogP contribution in [0.15, 0.2) is 34.3 Å². The van der Waals surface area contributed by atoms with E-state index in [0.717, 1.165) is 0 Å². The van der Waals surface area contributed by atoms with Crippen LogP contribution in [0.2, 0.25) is 0 Å². The van der Waals surface area contributed by atoms with Crippen LogP contribution < -0.4 is 0 Å². The van der Waals surface area contributed by atoms with Gasteiger partial charge in [-0.1, -0.05) is 0 Å². The quantitative estimate of drug-likeness (QED) is 0.604. The van der Waals surface area contributed by atoms with E-state index >= 15 is 0 Å². The Morgan fingerprint density at radius 2 is 2.00 bits per heavy atom. The van der Waals surface area contributed by atoms with Crippen molar-refractivity contribution in [3.05, 3.63) is 29.2 Å². The lowest BCUT2D eigenvalue weighted by molar-refractivity contribution is 0.145. The fraction of sp³-hybridized carbons (Fsp3) is 0.400. The van der Waals surface area contributed by atoms with Gasteiger partial charge in [0, 0.05) is 13.0 Å². The van der Waals surface area contributed by atoms with Crippen molar-refractivity contribution in [2.45, 2.75) is 17.4 Å². The molecule has 6 nitrogen and oxygen atoms in total. The fourth-order valence-corrected chi connectivity index (χ4v) is 2.59. The average molecular weight is 257 g/mol. The molecule has 1 aliphatic rings. The predicted octanol–water partition coefficient (Wildman–Crippen LogP) is 1.58. The highest BCUT2D eigenvalue weighted by Gasteiger charge is 2.25. The molecule has 0 amide bonds. The molecule has 1 fully saturated rings. The lowest BCUT2D eigenvalue weighted by atomic mass is 10.3. The number of ether oxygens (including phenoxy) is 1. The van der Waals surface area contributed by atoms with Gasteiger partial charge in [-0.15, -0.1) is 4.91 Å². The molecule has 0 bridgehead atoms. The van der Waals surface area contributed by atoms with Gasteiger partial charge < -0.3 is 4.74 Å². The van der Waals surface area contributed by atoms with Gasteiger partial charge in [-0.25, -0.2) is 0 Å². The molecule has 17 heavy (non-hydrogen) atoms. The van der Waals surface area contributed by atoms with E-state index in [0.29, 0.717) is 13.0 Å². The third kappa shape index (κ3) is 2.87. The largest absolute Gasteiger partial charge is 0.379 e. The molecule has 0 aliphatic carbocycles. The summed E-state index contributed by atoms with van der Waals surface area (Å²) in [5.74, 6) is 0. The summed E-state index contributed by atoms with van der Waals surface area (Å²) in [5.41, 5.74) is 0.174. The second kappa shape index (κ2) is 4.91. The third-order valence-corrected chi connectivity index (χ3v) is 3.76. The third-order valence-electron chi connectivity index (χ3n) is 2.38. The van der Waals surface area contributed by atoms with Gasteiger partial charge in [0.1, 0.15) is 11.8 Å². The Morgan fingerprint density at radius 1 is 1.29 bits per heavy atom. The van der Waals surface area contributed by atoms with Crippen molar-refractivity contribution < 1.29 is 17.3 Å². The minimum absolute atomic E-state index is 0.0109. The van der Waals surface area contributed by atoms with Crippen molar-refractivity contribution in [1.82, 2.24) is 0 Å². The molecule has 1 aliphatic heterocycles. The summed E-state index contributed by atoms with van der Waals surface area (Å²) >= 11 is 0. The number of nitrogens with zero attached hydrogens (tertiary/aromatic N) is 1. The van der Waals surface area contributed by atoms with E-state index in [9.17, 15) is 13.3 Å². The Balaban J connectivity index is 2.15. The molecule has 0 N–H and O–H groups in total. The molecule has 0 spiro atoms. The SMILES string of the molecule is O=Nc1ccc(S(=O)(=O)O[C@@H]2CCOC2)cc1. The predicted molar refractivity (Wildman–Crippen MR) is 59.4 cm³/mol. The van der Waals surface area contributed by atoms with Crippen LogP contribution in [0.25, 0.3) is 0 Å². The number of hydrogen-bond acceptors (Lipinski definition) is 6. The van der Waals surface area contributed by atoms with Gasteiger partial charge in [0.15, 0.2) is 0 Å². The van der Waals surface area contributed by atoms with Gasteiger partial charge in [-0.05, 0) is 29.4 Å². The molecule has 1 heterocycles. The van der Waals surface area contributed by atoms with E-state index in [1.165, 1.54) is 24.3 Å². The van der Waals surface area contributed by atoms with Crippen molar-refractivity contribution in [1.29, 1.82) is 0 Å². The van der Waals surface area contributed by atoms with Gasteiger partial charge in [-0.2, -0.15) is 8.42 Å². The molecule has 92 valence electrons. The molecule has 7 heteroatoms. The fourth-order valence-electron chi connectivity index (χ4n) is 1.50. The molecule has 0 aromatic heterocycles. The smallest absolute Gasteiger partial charge is 0.297 e. The minimum Gasteiger partial charge on any atom is -0.379 e. The van der Waals surface area contributed by atoms with E-state index in [1.807, 2.05) is 0 Å². The van der Waals surface area contributed by atoms with Crippen LogP contribution in [-0.4, -0.2) is 27.7 Å². The number of benzene rings is 1. The summed E-state index contributed by atoms with van der Waals surface area (Å²) < 4.78 is 33.6. The zero-order valence-corrected chi connectivity index (χ0v) is 9.72. The molecular weight excluding hydrogens is 246 g/mol. The summed E-state index contributed by atoms with van der Waals surface area (Å²) in [7, 11) is -3.79. The Kier molecular flexibility index (Phi) is 3.51. The average Bonchev–Trinajstić information content (AvgIpc) is 2.81. The van der Waals surface area contributed by atoms with E-state index in [-0.39, 0.29) is 17.2 Å². The molecule has 1 saturated heterocycles. The van der Waals surface area contributed by atoms with Crippen LogP contribution in [-0.2, 0) is 19.0 Å². The molecule has 0 unspecified atom stereocenters. The minimum atomic E-state index is -3.79. The zero-order chi connectivity index (χ0) is 12.3. The van der Waals surface area contributed by atoms with E-state index in [4.69, 9.17) is 8.92 Å². The van der Waals surface area contributed by atoms with Crippen LogP contribution in [0.4, 0.5) is 5.69 Å². The second-order valence-corrected chi connectivity index (χ2v) is 5.19. The van der Waals surface area contributed by atoms with Crippen LogP contribution in [0.1, 0.15) is 6.42 Å². The van der Waals surface area contributed by atoms with Crippen LogP contribution in [0.3, 0.4) is 0 Å². The van der Waals surface area contributed by atoms with Gasteiger partial charge in [0.05, 0.1) is 11.5 Å². The maximum Gasteiger partial charge on any atom is 0.297 e. The number of nitroso groups, excluding NO2 is 1. The summed E-state index contributed by atoms with van der Waals surface area (Å²) in [4.78, 5) is 10.2. The van der Waals surface area contributed by atoms with Crippen LogP contribution in [0.5, 0.6) is 0 Å². The van der Waals surface area contributed by atoms with Crippen LogP contribution in [0, 0.1) is 4.91 Å². The van der Waals surface area contributed by atoms with Gasteiger partial charge in [0.2, 0.25) is 0 Å². The first-order chi connectivity index (χ1) is 8.12. The summed E-state index contributed by atoms with van der Waals surface area (Å²) in [5, 5.41) is 2.69. The van der Waals surface area contributed by atoms with E-state index < -0.39 is 16.2 Å². The molecule has 0 radical (unpaired) electrons. The van der Waals surface area contributed by atoms with Gasteiger partial charge >= 0.3 is 0 Å². The first-order valence-corrected chi connectivity index (χ1v) is 6.47. The van der Waals surface area contributed by atoms with Gasteiger partial charge in [0.25, 0.3) is 10.1 Å². The Morgan fingerprint density at radius 3 is 2.53 bits per heavy atom. The normalized spacial score (nSPS) is 20.4. The molecule has 0 saturated carbocycles. The van der Waals surface area contributed by atoms with Crippen molar-refractivity contribution in [3.8, 4) is 0 Å². The lowest BCUT2D eigenvalue weighted by Gasteiger charge is -2.09. The van der Waals surface area contributed by atoms with Crippen molar-refractivity contribution >= 4 is 15.8 Å². The highest BCUT2D eigenvalue weighted by atomic mass is 32.2. The summed E-state index contributed by atoms with van der Waals surface area (Å²) in [6.07, 6.45) is 0.136. The zero-order valence-electron chi connectivity index (χ0n) is 8.90. The highest BCUT2D eigenvalue weighted by Crippen LogP contribution is 2.21. The topological polar surface area (TPSA) is 82.0 Å². The van der Waals surface area contributed by atoms with E-state index in [2.05, 4.69) is 5.18 Å². The maximum atomic E-state index is 11.8. The van der Waals surface area contributed by atoms with Gasteiger partial charge in [-0.3, -0.25) is 4.18 Å². The Labute approximate surface area is 98.6 Å². The highest BCUT2D eigenvalue weighted by molar-refractivity contribution is 7.86. The lowest BCUT2D eigenvalue weighted by Crippen LogP contribution is -2.18. The number of rotatable bonds is 4. The molecule has 1 atom stereocenters. The maximum absolute atomic E-state index is 11.8. The standard InChI is InChI=1S/C10H11NO5S/c12-11-8-1-3-10(4-2-8)17(13,14)16-9-5-6-15-7-9/h1-4,9H,5-7H2/t9-/m1/s1. The van der Waals surface area contributed by atoms with Crippen molar-refractivity contribution in [2.75, 3.05) is 13.2 Å². The molecule has 2 rings (SSSR count). The first kappa shape index (κ1) is 12.2. The summed E-state index contributed by atoms with van der Waals surface area (Å²) in [6.45, 7) is 0.793. The summed E-state index contributed by atoms with van der Waals surface area (Å²) in [6, 6.07) is 5.24. The monoisotopic (exact) mass is 257 g/mol. The molecular formula is C10H11NO5S. The van der Waals surface area contributed by atoms with E-state index in [1.54, 1.807) is 0 Å². The molecule has 1 aromatic carbocycles.